The average Bonchev–Trinajstić information content (AvgIpc) is 2.85. The van der Waals surface area contributed by atoms with E-state index in [1.165, 1.54) is 18.2 Å². The fourth-order valence-corrected chi connectivity index (χ4v) is 2.29. The highest BCUT2D eigenvalue weighted by molar-refractivity contribution is 7.14. The largest absolute Gasteiger partial charge is 0.573 e. The molecule has 1 N–H and O–H groups in total. The summed E-state index contributed by atoms with van der Waals surface area (Å²) < 4.78 is 40.4. The van der Waals surface area contributed by atoms with Gasteiger partial charge < -0.3 is 10.1 Å². The van der Waals surface area contributed by atoms with Crippen molar-refractivity contribution in [3.05, 3.63) is 29.6 Å². The van der Waals surface area contributed by atoms with Crippen LogP contribution in [0.1, 0.15) is 6.42 Å². The van der Waals surface area contributed by atoms with Crippen molar-refractivity contribution >= 4 is 22.4 Å². The summed E-state index contributed by atoms with van der Waals surface area (Å²) in [6.07, 6.45) is -5.07. The summed E-state index contributed by atoms with van der Waals surface area (Å²) in [7, 11) is 0. The number of carbonyl (C=O) groups excluding carboxylic acids is 1. The van der Waals surface area contributed by atoms with Crippen LogP contribution in [0.3, 0.4) is 0 Å². The minimum absolute atomic E-state index is 0.261. The molecule has 1 heterocycles. The Kier molecular flexibility index (Phi) is 4.62. The van der Waals surface area contributed by atoms with Crippen molar-refractivity contribution in [2.75, 3.05) is 5.32 Å². The summed E-state index contributed by atoms with van der Waals surface area (Å²) in [6.45, 7) is 0. The van der Waals surface area contributed by atoms with Crippen LogP contribution in [0.5, 0.6) is 5.75 Å². The quantitative estimate of drug-likeness (QED) is 0.931. The van der Waals surface area contributed by atoms with Crippen LogP contribution in [-0.4, -0.2) is 17.3 Å². The molecule has 0 atom stereocenters. The SMILES string of the molecule is N#CCC(=O)Nc1nc(-c2cccc(OC(F)(F)F)c2)cs1. The number of nitrogens with zero attached hydrogens (tertiary/aromatic N) is 2. The van der Waals surface area contributed by atoms with Gasteiger partial charge in [-0.25, -0.2) is 4.98 Å². The molecule has 0 aliphatic rings. The number of hydrogen-bond donors (Lipinski definition) is 1. The molecule has 0 saturated carbocycles. The average molecular weight is 327 g/mol. The molecule has 1 amide bonds. The Bertz CT molecular complexity index is 722. The first kappa shape index (κ1) is 15.8. The smallest absolute Gasteiger partial charge is 0.406 e. The lowest BCUT2D eigenvalue weighted by molar-refractivity contribution is -0.274. The van der Waals surface area contributed by atoms with Crippen molar-refractivity contribution in [2.45, 2.75) is 12.8 Å². The molecule has 0 spiro atoms. The molecular weight excluding hydrogens is 319 g/mol. The first-order valence-corrected chi connectivity index (χ1v) is 6.74. The van der Waals surface area contributed by atoms with E-state index < -0.39 is 12.3 Å². The van der Waals surface area contributed by atoms with Gasteiger partial charge in [0, 0.05) is 10.9 Å². The number of anilines is 1. The number of nitrogens with one attached hydrogen (secondary N) is 1. The van der Waals surface area contributed by atoms with Crippen LogP contribution in [0.4, 0.5) is 18.3 Å². The zero-order valence-corrected chi connectivity index (χ0v) is 11.7. The molecule has 0 aliphatic carbocycles. The monoisotopic (exact) mass is 327 g/mol. The Balaban J connectivity index is 2.16. The molecule has 0 aliphatic heterocycles. The lowest BCUT2D eigenvalue weighted by Gasteiger charge is -2.09. The molecule has 1 aromatic heterocycles. The molecule has 0 radical (unpaired) electrons. The minimum atomic E-state index is -4.77. The van der Waals surface area contributed by atoms with Crippen LogP contribution >= 0.6 is 11.3 Å². The summed E-state index contributed by atoms with van der Waals surface area (Å²) in [5, 5.41) is 12.6. The second-order valence-electron chi connectivity index (χ2n) is 4.00. The van der Waals surface area contributed by atoms with Gasteiger partial charge in [-0.05, 0) is 12.1 Å². The number of alkyl halides is 3. The van der Waals surface area contributed by atoms with E-state index in [4.69, 9.17) is 5.26 Å². The highest BCUT2D eigenvalue weighted by Crippen LogP contribution is 2.29. The van der Waals surface area contributed by atoms with E-state index in [1.807, 2.05) is 0 Å². The van der Waals surface area contributed by atoms with Crippen molar-refractivity contribution in [3.8, 4) is 23.1 Å². The van der Waals surface area contributed by atoms with E-state index in [0.717, 1.165) is 11.3 Å². The molecule has 22 heavy (non-hydrogen) atoms. The molecule has 0 saturated heterocycles. The highest BCUT2D eigenvalue weighted by atomic mass is 32.1. The molecule has 5 nitrogen and oxygen atoms in total. The maximum absolute atomic E-state index is 12.2. The van der Waals surface area contributed by atoms with Crippen LogP contribution in [0.25, 0.3) is 11.3 Å². The van der Waals surface area contributed by atoms with Crippen molar-refractivity contribution < 1.29 is 22.7 Å². The van der Waals surface area contributed by atoms with E-state index in [9.17, 15) is 18.0 Å². The fourth-order valence-electron chi connectivity index (χ4n) is 1.55. The molecule has 9 heteroatoms. The summed E-state index contributed by atoms with van der Waals surface area (Å²) in [4.78, 5) is 15.3. The van der Waals surface area contributed by atoms with Crippen molar-refractivity contribution in [1.29, 1.82) is 5.26 Å². The molecule has 0 unspecified atom stereocenters. The van der Waals surface area contributed by atoms with Gasteiger partial charge in [0.25, 0.3) is 0 Å². The number of amides is 1. The van der Waals surface area contributed by atoms with Gasteiger partial charge in [-0.3, -0.25) is 4.79 Å². The number of halogens is 3. The topological polar surface area (TPSA) is 75.0 Å². The van der Waals surface area contributed by atoms with Gasteiger partial charge in [0.1, 0.15) is 12.2 Å². The Labute approximate surface area is 127 Å². The third kappa shape index (κ3) is 4.46. The predicted octanol–water partition coefficient (Wildman–Crippen LogP) is 3.56. The van der Waals surface area contributed by atoms with Gasteiger partial charge in [-0.1, -0.05) is 12.1 Å². The van der Waals surface area contributed by atoms with Gasteiger partial charge in [0.05, 0.1) is 11.8 Å². The molecular formula is C13H8F3N3O2S. The van der Waals surface area contributed by atoms with E-state index >= 15 is 0 Å². The Morgan fingerprint density at radius 2 is 2.23 bits per heavy atom. The van der Waals surface area contributed by atoms with E-state index in [1.54, 1.807) is 17.5 Å². The normalized spacial score (nSPS) is 10.8. The summed E-state index contributed by atoms with van der Waals surface area (Å²) in [6, 6.07) is 7.05. The maximum atomic E-state index is 12.2. The zero-order chi connectivity index (χ0) is 16.2. The molecule has 2 rings (SSSR count). The number of carbonyl (C=O) groups is 1. The van der Waals surface area contributed by atoms with E-state index in [-0.39, 0.29) is 17.3 Å². The molecule has 0 fully saturated rings. The van der Waals surface area contributed by atoms with Gasteiger partial charge in [0.15, 0.2) is 5.13 Å². The standard InChI is InChI=1S/C13H8F3N3O2S/c14-13(15,16)21-9-3-1-2-8(6-9)10-7-22-12(18-10)19-11(20)4-5-17/h1-3,6-7H,4H2,(H,18,19,20). The predicted molar refractivity (Wildman–Crippen MR) is 73.1 cm³/mol. The van der Waals surface area contributed by atoms with E-state index in [0.29, 0.717) is 11.3 Å². The number of rotatable bonds is 4. The molecule has 2 aromatic rings. The molecule has 1 aromatic carbocycles. The summed E-state index contributed by atoms with van der Waals surface area (Å²) in [5.41, 5.74) is 0.809. The summed E-state index contributed by atoms with van der Waals surface area (Å²) >= 11 is 1.10. The van der Waals surface area contributed by atoms with Crippen LogP contribution in [0.2, 0.25) is 0 Å². The number of nitriles is 1. The first-order valence-electron chi connectivity index (χ1n) is 5.86. The first-order chi connectivity index (χ1) is 10.4. The Morgan fingerprint density at radius 1 is 1.45 bits per heavy atom. The third-order valence-corrected chi connectivity index (χ3v) is 3.11. The van der Waals surface area contributed by atoms with Crippen molar-refractivity contribution in [3.63, 3.8) is 0 Å². The van der Waals surface area contributed by atoms with Gasteiger partial charge in [-0.15, -0.1) is 24.5 Å². The fraction of sp³-hybridized carbons (Fsp3) is 0.154. The number of hydrogen-bond acceptors (Lipinski definition) is 5. The number of benzene rings is 1. The Hall–Kier alpha value is -2.60. The minimum Gasteiger partial charge on any atom is -0.406 e. The van der Waals surface area contributed by atoms with Gasteiger partial charge >= 0.3 is 6.36 Å². The van der Waals surface area contributed by atoms with Gasteiger partial charge in [-0.2, -0.15) is 5.26 Å². The van der Waals surface area contributed by atoms with Crippen LogP contribution in [0.15, 0.2) is 29.6 Å². The molecule has 0 bridgehead atoms. The van der Waals surface area contributed by atoms with Crippen LogP contribution in [0, 0.1) is 11.3 Å². The zero-order valence-electron chi connectivity index (χ0n) is 10.8. The second-order valence-corrected chi connectivity index (χ2v) is 4.85. The van der Waals surface area contributed by atoms with Crippen molar-refractivity contribution in [1.82, 2.24) is 4.98 Å². The lowest BCUT2D eigenvalue weighted by Crippen LogP contribution is -2.17. The number of ether oxygens (including phenoxy) is 1. The maximum Gasteiger partial charge on any atom is 0.573 e. The van der Waals surface area contributed by atoms with Crippen LogP contribution < -0.4 is 10.1 Å². The highest BCUT2D eigenvalue weighted by Gasteiger charge is 2.31. The third-order valence-electron chi connectivity index (χ3n) is 2.35. The Morgan fingerprint density at radius 3 is 2.91 bits per heavy atom. The summed E-state index contributed by atoms with van der Waals surface area (Å²) in [5.74, 6) is -0.856. The number of thiazole rings is 1. The second kappa shape index (κ2) is 6.44. The lowest BCUT2D eigenvalue weighted by atomic mass is 10.2. The van der Waals surface area contributed by atoms with Crippen LogP contribution in [-0.2, 0) is 4.79 Å². The molecule has 114 valence electrons. The number of aromatic nitrogens is 1. The van der Waals surface area contributed by atoms with E-state index in [2.05, 4.69) is 15.0 Å². The van der Waals surface area contributed by atoms with Gasteiger partial charge in [0.2, 0.25) is 5.91 Å². The van der Waals surface area contributed by atoms with Crippen molar-refractivity contribution in [2.24, 2.45) is 0 Å².